The van der Waals surface area contributed by atoms with Gasteiger partial charge < -0.3 is 16.2 Å². The summed E-state index contributed by atoms with van der Waals surface area (Å²) in [5, 5.41) is 0. The third-order valence-electron chi connectivity index (χ3n) is 4.55. The van der Waals surface area contributed by atoms with Gasteiger partial charge in [0, 0.05) is 6.54 Å². The molecule has 0 bridgehead atoms. The predicted octanol–water partition coefficient (Wildman–Crippen LogP) is 3.99. The molecule has 2 aromatic carbocycles. The first-order valence-electron chi connectivity index (χ1n) is 9.44. The third-order valence-corrected chi connectivity index (χ3v) is 4.55. The Labute approximate surface area is 157 Å². The largest absolute Gasteiger partial charge is 0.490 e. The molecular weight excluding hydrogens is 322 g/mol. The molecule has 2 rings (SSSR count). The smallest absolute Gasteiger partial charge is 0.185 e. The normalized spacial score (nSPS) is 11.8. The van der Waals surface area contributed by atoms with Crippen molar-refractivity contribution in [2.24, 2.45) is 16.5 Å². The number of benzene rings is 2. The van der Waals surface area contributed by atoms with Gasteiger partial charge in [-0.3, -0.25) is 4.99 Å². The van der Waals surface area contributed by atoms with Gasteiger partial charge in [0.25, 0.3) is 0 Å². The van der Waals surface area contributed by atoms with Gasteiger partial charge in [0.15, 0.2) is 5.96 Å². The van der Waals surface area contributed by atoms with E-state index in [9.17, 15) is 0 Å². The Kier molecular flexibility index (Phi) is 8.00. The Hall–Kier alpha value is -2.49. The van der Waals surface area contributed by atoms with Crippen LogP contribution in [0, 0.1) is 6.92 Å². The van der Waals surface area contributed by atoms with Gasteiger partial charge in [-0.05, 0) is 61.8 Å². The topological polar surface area (TPSA) is 73.6 Å². The molecule has 4 nitrogen and oxygen atoms in total. The molecule has 0 heterocycles. The Balaban J connectivity index is 1.77. The van der Waals surface area contributed by atoms with Gasteiger partial charge in [0.1, 0.15) is 5.75 Å². The molecule has 26 heavy (non-hydrogen) atoms. The molecule has 2 aromatic rings. The van der Waals surface area contributed by atoms with E-state index in [0.29, 0.717) is 6.54 Å². The van der Waals surface area contributed by atoms with Crippen LogP contribution in [0.2, 0.25) is 0 Å². The summed E-state index contributed by atoms with van der Waals surface area (Å²) in [5.74, 6) is 1.16. The molecule has 0 amide bonds. The minimum atomic E-state index is 0.153. The number of aliphatic imine (C=N–C) groups is 1. The molecule has 0 saturated carbocycles. The summed E-state index contributed by atoms with van der Waals surface area (Å²) in [6, 6.07) is 17.0. The highest BCUT2D eigenvalue weighted by Gasteiger charge is 2.09. The van der Waals surface area contributed by atoms with Crippen molar-refractivity contribution in [1.82, 2.24) is 0 Å². The third kappa shape index (κ3) is 6.79. The molecule has 4 N–H and O–H groups in total. The van der Waals surface area contributed by atoms with Crippen molar-refractivity contribution in [2.45, 2.75) is 52.1 Å². The van der Waals surface area contributed by atoms with Crippen molar-refractivity contribution in [3.8, 4) is 5.75 Å². The van der Waals surface area contributed by atoms with Crippen LogP contribution in [0.5, 0.6) is 5.75 Å². The van der Waals surface area contributed by atoms with Crippen LogP contribution in [0.25, 0.3) is 0 Å². The molecular formula is C22H31N3O. The monoisotopic (exact) mass is 353 g/mol. The summed E-state index contributed by atoms with van der Waals surface area (Å²) in [7, 11) is 0. The number of aryl methyl sites for hydroxylation is 2. The molecule has 4 heteroatoms. The lowest BCUT2D eigenvalue weighted by molar-refractivity contribution is 0.183. The van der Waals surface area contributed by atoms with Crippen LogP contribution < -0.4 is 16.2 Å². The van der Waals surface area contributed by atoms with Crippen LogP contribution in [0.15, 0.2) is 53.5 Å². The number of nitrogens with two attached hydrogens (primary N) is 2. The van der Waals surface area contributed by atoms with E-state index in [1.54, 1.807) is 0 Å². The van der Waals surface area contributed by atoms with Gasteiger partial charge in [-0.1, -0.05) is 49.4 Å². The van der Waals surface area contributed by atoms with Crippen molar-refractivity contribution in [3.05, 3.63) is 65.2 Å². The average Bonchev–Trinajstić information content (AvgIpc) is 2.63. The molecule has 0 spiro atoms. The van der Waals surface area contributed by atoms with E-state index in [2.05, 4.69) is 55.2 Å². The summed E-state index contributed by atoms with van der Waals surface area (Å²) < 4.78 is 6.18. The van der Waals surface area contributed by atoms with Gasteiger partial charge in [0.05, 0.1) is 6.10 Å². The highest BCUT2D eigenvalue weighted by Crippen LogP contribution is 2.21. The van der Waals surface area contributed by atoms with Crippen molar-refractivity contribution >= 4 is 5.96 Å². The molecule has 0 fully saturated rings. The molecule has 0 aliphatic rings. The zero-order chi connectivity index (χ0) is 18.8. The Bertz CT molecular complexity index is 691. The first kappa shape index (κ1) is 19.8. The van der Waals surface area contributed by atoms with Gasteiger partial charge in [-0.25, -0.2) is 0 Å². The van der Waals surface area contributed by atoms with Crippen LogP contribution in [0.4, 0.5) is 0 Å². The van der Waals surface area contributed by atoms with E-state index in [0.717, 1.165) is 37.9 Å². The van der Waals surface area contributed by atoms with Crippen LogP contribution in [-0.4, -0.2) is 18.6 Å². The molecule has 140 valence electrons. The molecule has 0 aromatic heterocycles. The van der Waals surface area contributed by atoms with E-state index in [1.165, 1.54) is 16.7 Å². The maximum Gasteiger partial charge on any atom is 0.185 e. The molecule has 1 atom stereocenters. The molecule has 0 aliphatic heterocycles. The second-order valence-electron chi connectivity index (χ2n) is 6.68. The highest BCUT2D eigenvalue weighted by molar-refractivity contribution is 5.75. The minimum Gasteiger partial charge on any atom is -0.490 e. The number of rotatable bonds is 10. The lowest BCUT2D eigenvalue weighted by Gasteiger charge is -2.19. The predicted molar refractivity (Wildman–Crippen MR) is 110 cm³/mol. The van der Waals surface area contributed by atoms with Crippen LogP contribution in [-0.2, 0) is 12.8 Å². The summed E-state index contributed by atoms with van der Waals surface area (Å²) in [6.07, 6.45) is 5.42. The fraction of sp³-hybridized carbons (Fsp3) is 0.409. The summed E-state index contributed by atoms with van der Waals surface area (Å²) in [4.78, 5) is 4.02. The maximum absolute atomic E-state index is 6.18. The lowest BCUT2D eigenvalue weighted by Crippen LogP contribution is -2.23. The highest BCUT2D eigenvalue weighted by atomic mass is 16.5. The number of ether oxygens (including phenoxy) is 1. The van der Waals surface area contributed by atoms with E-state index in [-0.39, 0.29) is 12.1 Å². The van der Waals surface area contributed by atoms with Crippen molar-refractivity contribution < 1.29 is 4.74 Å². The quantitative estimate of drug-likeness (QED) is 0.501. The fourth-order valence-corrected chi connectivity index (χ4v) is 2.94. The van der Waals surface area contributed by atoms with Crippen LogP contribution in [0.3, 0.4) is 0 Å². The molecule has 0 aliphatic carbocycles. The van der Waals surface area contributed by atoms with Gasteiger partial charge >= 0.3 is 0 Å². The van der Waals surface area contributed by atoms with E-state index in [4.69, 9.17) is 16.2 Å². The first-order chi connectivity index (χ1) is 12.6. The number of hydrogen-bond donors (Lipinski definition) is 2. The van der Waals surface area contributed by atoms with Crippen molar-refractivity contribution in [1.29, 1.82) is 0 Å². The molecule has 0 radical (unpaired) electrons. The summed E-state index contributed by atoms with van der Waals surface area (Å²) in [5.41, 5.74) is 14.5. The van der Waals surface area contributed by atoms with E-state index < -0.39 is 0 Å². The fourth-order valence-electron chi connectivity index (χ4n) is 2.94. The summed E-state index contributed by atoms with van der Waals surface area (Å²) >= 11 is 0. The Morgan fingerprint density at radius 2 is 1.65 bits per heavy atom. The van der Waals surface area contributed by atoms with Crippen molar-refractivity contribution in [2.75, 3.05) is 6.54 Å². The Morgan fingerprint density at radius 1 is 1.00 bits per heavy atom. The molecule has 0 saturated heterocycles. The van der Waals surface area contributed by atoms with Gasteiger partial charge in [-0.2, -0.15) is 0 Å². The lowest BCUT2D eigenvalue weighted by atomic mass is 10.0. The van der Waals surface area contributed by atoms with Gasteiger partial charge in [0.2, 0.25) is 0 Å². The van der Waals surface area contributed by atoms with Crippen LogP contribution >= 0.6 is 0 Å². The first-order valence-corrected chi connectivity index (χ1v) is 9.44. The second-order valence-corrected chi connectivity index (χ2v) is 6.68. The number of hydrogen-bond acceptors (Lipinski definition) is 2. The Morgan fingerprint density at radius 3 is 2.27 bits per heavy atom. The zero-order valence-electron chi connectivity index (χ0n) is 15.9. The SMILES string of the molecule is CCC(CCCc1ccc(CCN=C(N)N)cc1)Oc1ccccc1C. The number of nitrogens with zero attached hydrogens (tertiary/aromatic N) is 1. The van der Waals surface area contributed by atoms with Crippen molar-refractivity contribution in [3.63, 3.8) is 0 Å². The van der Waals surface area contributed by atoms with Gasteiger partial charge in [-0.15, -0.1) is 0 Å². The standard InChI is InChI=1S/C22H31N3O/c1-3-20(26-21-10-5-4-7-17(21)2)9-6-8-18-11-13-19(14-12-18)15-16-25-22(23)24/h4-5,7,10-14,20H,3,6,8-9,15-16H2,1-2H3,(H4,23,24,25). The van der Waals surface area contributed by atoms with Crippen LogP contribution in [0.1, 0.15) is 42.9 Å². The van der Waals surface area contributed by atoms with E-state index >= 15 is 0 Å². The van der Waals surface area contributed by atoms with E-state index in [1.807, 2.05) is 12.1 Å². The number of para-hydroxylation sites is 1. The second kappa shape index (κ2) is 10.5. The number of guanidine groups is 1. The maximum atomic E-state index is 6.18. The molecule has 1 unspecified atom stereocenters. The summed E-state index contributed by atoms with van der Waals surface area (Å²) in [6.45, 7) is 4.92. The average molecular weight is 354 g/mol. The minimum absolute atomic E-state index is 0.153. The zero-order valence-corrected chi connectivity index (χ0v) is 15.9.